The highest BCUT2D eigenvalue weighted by Crippen LogP contribution is 2.42. The number of aryl methyl sites for hydroxylation is 1. The first-order chi connectivity index (χ1) is 13.9. The maximum atomic E-state index is 13.9. The van der Waals surface area contributed by atoms with Gasteiger partial charge in [-0.05, 0) is 31.2 Å². The highest BCUT2D eigenvalue weighted by atomic mass is 19.4. The molecule has 3 aromatic rings. The van der Waals surface area contributed by atoms with Gasteiger partial charge in [-0.15, -0.1) is 0 Å². The first-order valence-electron chi connectivity index (χ1n) is 9.25. The van der Waals surface area contributed by atoms with E-state index in [9.17, 15) is 13.2 Å². The van der Waals surface area contributed by atoms with Crippen molar-refractivity contribution in [3.63, 3.8) is 0 Å². The first kappa shape index (κ1) is 19.4. The Labute approximate surface area is 165 Å². The molecule has 152 valence electrons. The second-order valence-corrected chi connectivity index (χ2v) is 6.73. The lowest BCUT2D eigenvalue weighted by molar-refractivity contribution is -0.137. The lowest BCUT2D eigenvalue weighted by Gasteiger charge is -2.31. The van der Waals surface area contributed by atoms with Gasteiger partial charge in [-0.1, -0.05) is 6.07 Å². The van der Waals surface area contributed by atoms with Crippen LogP contribution in [0.25, 0.3) is 22.3 Å². The predicted molar refractivity (Wildman–Crippen MR) is 105 cm³/mol. The number of hydrogen-bond donors (Lipinski definition) is 1. The number of halogens is 3. The van der Waals surface area contributed by atoms with Gasteiger partial charge in [-0.2, -0.15) is 13.2 Å². The standard InChI is InChI=1S/C20H20F3N5O/c1-12-25-18(24-2)13-6-7-15(27-19(13)26-12)17-14(20(21,22)23)4-3-5-16(17)28-8-10-29-11-9-28/h3-7H,8-11H2,1-2H3,(H,24,25,26,27). The van der Waals surface area contributed by atoms with Crippen molar-refractivity contribution in [2.45, 2.75) is 13.1 Å². The molecule has 1 N–H and O–H groups in total. The van der Waals surface area contributed by atoms with Crippen molar-refractivity contribution in [1.29, 1.82) is 0 Å². The van der Waals surface area contributed by atoms with Crippen molar-refractivity contribution < 1.29 is 17.9 Å². The number of morpholine rings is 1. The largest absolute Gasteiger partial charge is 0.417 e. The minimum absolute atomic E-state index is 0.0612. The smallest absolute Gasteiger partial charge is 0.378 e. The summed E-state index contributed by atoms with van der Waals surface area (Å²) >= 11 is 0. The van der Waals surface area contributed by atoms with Gasteiger partial charge in [-0.3, -0.25) is 0 Å². The number of pyridine rings is 1. The molecule has 0 spiro atoms. The van der Waals surface area contributed by atoms with Crippen LogP contribution in [0.5, 0.6) is 0 Å². The van der Waals surface area contributed by atoms with E-state index < -0.39 is 11.7 Å². The zero-order valence-corrected chi connectivity index (χ0v) is 16.0. The molecule has 4 rings (SSSR count). The van der Waals surface area contributed by atoms with Crippen LogP contribution in [0.4, 0.5) is 24.7 Å². The highest BCUT2D eigenvalue weighted by Gasteiger charge is 2.36. The summed E-state index contributed by atoms with van der Waals surface area (Å²) in [4.78, 5) is 15.0. The Kier molecular flexibility index (Phi) is 4.99. The molecule has 1 aromatic carbocycles. The van der Waals surface area contributed by atoms with Crippen LogP contribution >= 0.6 is 0 Å². The van der Waals surface area contributed by atoms with Crippen LogP contribution in [0, 0.1) is 6.92 Å². The van der Waals surface area contributed by atoms with Gasteiger partial charge in [0.1, 0.15) is 11.6 Å². The van der Waals surface area contributed by atoms with Gasteiger partial charge in [0.25, 0.3) is 0 Å². The van der Waals surface area contributed by atoms with E-state index in [4.69, 9.17) is 4.74 Å². The normalized spacial score (nSPS) is 15.0. The van der Waals surface area contributed by atoms with Crippen LogP contribution in [0.1, 0.15) is 11.4 Å². The molecule has 6 nitrogen and oxygen atoms in total. The number of anilines is 2. The number of nitrogens with zero attached hydrogens (tertiary/aromatic N) is 4. The number of hydrogen-bond acceptors (Lipinski definition) is 6. The predicted octanol–water partition coefficient (Wildman–Crippen LogP) is 3.90. The summed E-state index contributed by atoms with van der Waals surface area (Å²) in [5.74, 6) is 1.08. The number of nitrogens with one attached hydrogen (secondary N) is 1. The lowest BCUT2D eigenvalue weighted by atomic mass is 9.99. The van der Waals surface area contributed by atoms with E-state index in [2.05, 4.69) is 20.3 Å². The molecular formula is C20H20F3N5O. The minimum atomic E-state index is -4.51. The Hall–Kier alpha value is -2.94. The van der Waals surface area contributed by atoms with Gasteiger partial charge in [-0.25, -0.2) is 15.0 Å². The van der Waals surface area contributed by atoms with Crippen LogP contribution in [-0.2, 0) is 10.9 Å². The Balaban J connectivity index is 1.95. The SMILES string of the molecule is CNc1nc(C)nc2nc(-c3c(N4CCOCC4)cccc3C(F)(F)F)ccc12. The van der Waals surface area contributed by atoms with E-state index in [1.807, 2.05) is 4.90 Å². The van der Waals surface area contributed by atoms with Crippen LogP contribution in [0.15, 0.2) is 30.3 Å². The topological polar surface area (TPSA) is 63.2 Å². The summed E-state index contributed by atoms with van der Waals surface area (Å²) < 4.78 is 47.0. The van der Waals surface area contributed by atoms with Crippen molar-refractivity contribution in [2.24, 2.45) is 0 Å². The first-order valence-corrected chi connectivity index (χ1v) is 9.25. The summed E-state index contributed by atoms with van der Waals surface area (Å²) in [5.41, 5.74) is 0.421. The molecule has 0 bridgehead atoms. The maximum absolute atomic E-state index is 13.9. The van der Waals surface area contributed by atoms with Gasteiger partial charge >= 0.3 is 6.18 Å². The fourth-order valence-corrected chi connectivity index (χ4v) is 3.56. The van der Waals surface area contributed by atoms with E-state index in [-0.39, 0.29) is 11.3 Å². The molecule has 0 unspecified atom stereocenters. The van der Waals surface area contributed by atoms with Gasteiger partial charge in [0.15, 0.2) is 5.65 Å². The fraction of sp³-hybridized carbons (Fsp3) is 0.350. The molecule has 0 amide bonds. The maximum Gasteiger partial charge on any atom is 0.417 e. The molecule has 0 radical (unpaired) electrons. The zero-order chi connectivity index (χ0) is 20.6. The number of ether oxygens (including phenoxy) is 1. The molecule has 1 aliphatic heterocycles. The quantitative estimate of drug-likeness (QED) is 0.716. The van der Waals surface area contributed by atoms with Gasteiger partial charge in [0.2, 0.25) is 0 Å². The fourth-order valence-electron chi connectivity index (χ4n) is 3.56. The molecule has 1 fully saturated rings. The second kappa shape index (κ2) is 7.47. The van der Waals surface area contributed by atoms with Crippen molar-refractivity contribution in [1.82, 2.24) is 15.0 Å². The van der Waals surface area contributed by atoms with Crippen molar-refractivity contribution in [3.05, 3.63) is 41.7 Å². The molecule has 3 heterocycles. The Morgan fingerprint density at radius 2 is 1.79 bits per heavy atom. The van der Waals surface area contributed by atoms with E-state index in [0.717, 1.165) is 6.07 Å². The second-order valence-electron chi connectivity index (χ2n) is 6.73. The number of fused-ring (bicyclic) bond motifs is 1. The molecule has 0 aliphatic carbocycles. The Bertz CT molecular complexity index is 1050. The molecule has 2 aromatic heterocycles. The summed E-state index contributed by atoms with van der Waals surface area (Å²) in [5, 5.41) is 3.63. The van der Waals surface area contributed by atoms with Crippen LogP contribution in [0.3, 0.4) is 0 Å². The van der Waals surface area contributed by atoms with Gasteiger partial charge in [0.05, 0.1) is 29.9 Å². The average molecular weight is 403 g/mol. The summed E-state index contributed by atoms with van der Waals surface area (Å²) in [6.45, 7) is 3.70. The van der Waals surface area contributed by atoms with Gasteiger partial charge < -0.3 is 15.0 Å². The van der Waals surface area contributed by atoms with Crippen LogP contribution in [-0.4, -0.2) is 48.3 Å². The molecular weight excluding hydrogens is 383 g/mol. The van der Waals surface area contributed by atoms with Crippen LogP contribution < -0.4 is 10.2 Å². The highest BCUT2D eigenvalue weighted by molar-refractivity contribution is 5.90. The Morgan fingerprint density at radius 3 is 2.48 bits per heavy atom. The number of benzene rings is 1. The molecule has 0 saturated carbocycles. The van der Waals surface area contributed by atoms with Crippen molar-refractivity contribution in [3.8, 4) is 11.3 Å². The summed E-state index contributed by atoms with van der Waals surface area (Å²) in [6, 6.07) is 7.53. The number of aromatic nitrogens is 3. The molecule has 29 heavy (non-hydrogen) atoms. The third-order valence-electron chi connectivity index (χ3n) is 4.86. The number of alkyl halides is 3. The van der Waals surface area contributed by atoms with Gasteiger partial charge in [0, 0.05) is 31.4 Å². The monoisotopic (exact) mass is 403 g/mol. The minimum Gasteiger partial charge on any atom is -0.378 e. The lowest BCUT2D eigenvalue weighted by Crippen LogP contribution is -2.36. The third kappa shape index (κ3) is 3.69. The zero-order valence-electron chi connectivity index (χ0n) is 16.0. The van der Waals surface area contributed by atoms with E-state index in [1.54, 1.807) is 32.2 Å². The van der Waals surface area contributed by atoms with E-state index in [1.165, 1.54) is 6.07 Å². The van der Waals surface area contributed by atoms with Crippen molar-refractivity contribution >= 4 is 22.5 Å². The van der Waals surface area contributed by atoms with E-state index >= 15 is 0 Å². The molecule has 9 heteroatoms. The Morgan fingerprint density at radius 1 is 1.03 bits per heavy atom. The summed E-state index contributed by atoms with van der Waals surface area (Å²) in [7, 11) is 1.73. The third-order valence-corrected chi connectivity index (χ3v) is 4.86. The average Bonchev–Trinajstić information content (AvgIpc) is 2.72. The van der Waals surface area contributed by atoms with Crippen molar-refractivity contribution in [2.75, 3.05) is 43.6 Å². The van der Waals surface area contributed by atoms with E-state index in [0.29, 0.717) is 54.7 Å². The molecule has 0 atom stereocenters. The number of rotatable bonds is 3. The van der Waals surface area contributed by atoms with Crippen LogP contribution in [0.2, 0.25) is 0 Å². The molecule has 1 aliphatic rings. The summed E-state index contributed by atoms with van der Waals surface area (Å²) in [6.07, 6.45) is -4.51. The molecule has 1 saturated heterocycles.